The summed E-state index contributed by atoms with van der Waals surface area (Å²) < 4.78 is 13.6. The SMILES string of the molecule is O=C(NCc1ccncn1)Nc1c(F)cccc1C(=O)O. The lowest BCUT2D eigenvalue weighted by atomic mass is 10.1. The summed E-state index contributed by atoms with van der Waals surface area (Å²) in [5.41, 5.74) is -0.149. The molecule has 1 aromatic heterocycles. The number of anilines is 1. The van der Waals surface area contributed by atoms with Gasteiger partial charge in [0.1, 0.15) is 12.1 Å². The summed E-state index contributed by atoms with van der Waals surface area (Å²) in [6.45, 7) is 0.102. The number of para-hydroxylation sites is 1. The number of benzene rings is 1. The third-order valence-electron chi connectivity index (χ3n) is 2.56. The molecule has 1 heterocycles. The van der Waals surface area contributed by atoms with E-state index in [9.17, 15) is 14.0 Å². The maximum Gasteiger partial charge on any atom is 0.337 e. The molecular weight excluding hydrogens is 279 g/mol. The maximum absolute atomic E-state index is 13.6. The topological polar surface area (TPSA) is 104 Å². The van der Waals surface area contributed by atoms with E-state index in [1.807, 2.05) is 0 Å². The van der Waals surface area contributed by atoms with Crippen LogP contribution >= 0.6 is 0 Å². The molecule has 0 unspecified atom stereocenters. The van der Waals surface area contributed by atoms with E-state index in [-0.39, 0.29) is 17.8 Å². The highest BCUT2D eigenvalue weighted by Gasteiger charge is 2.16. The normalized spacial score (nSPS) is 9.95. The van der Waals surface area contributed by atoms with E-state index in [2.05, 4.69) is 20.6 Å². The lowest BCUT2D eigenvalue weighted by molar-refractivity contribution is 0.0697. The fourth-order valence-corrected chi connectivity index (χ4v) is 1.58. The molecule has 0 radical (unpaired) electrons. The van der Waals surface area contributed by atoms with Crippen molar-refractivity contribution in [2.24, 2.45) is 0 Å². The number of carboxylic acid groups (broad SMARTS) is 1. The summed E-state index contributed by atoms with van der Waals surface area (Å²) in [6, 6.07) is 4.38. The van der Waals surface area contributed by atoms with Crippen LogP contribution < -0.4 is 10.6 Å². The predicted molar refractivity (Wildman–Crippen MR) is 71.2 cm³/mol. The number of carbonyl (C=O) groups excluding carboxylic acids is 1. The molecule has 2 rings (SSSR count). The van der Waals surface area contributed by atoms with Crippen LogP contribution in [0.15, 0.2) is 36.8 Å². The fraction of sp³-hybridized carbons (Fsp3) is 0.0769. The van der Waals surface area contributed by atoms with E-state index in [0.717, 1.165) is 6.07 Å². The van der Waals surface area contributed by atoms with Gasteiger partial charge in [-0.1, -0.05) is 6.07 Å². The molecule has 0 aliphatic rings. The third-order valence-corrected chi connectivity index (χ3v) is 2.56. The Hall–Kier alpha value is -3.03. The minimum Gasteiger partial charge on any atom is -0.478 e. The van der Waals surface area contributed by atoms with Gasteiger partial charge >= 0.3 is 12.0 Å². The first-order chi connectivity index (χ1) is 10.1. The number of rotatable bonds is 4. The van der Waals surface area contributed by atoms with Crippen molar-refractivity contribution >= 4 is 17.7 Å². The Morgan fingerprint density at radius 2 is 2.10 bits per heavy atom. The molecule has 0 saturated heterocycles. The Labute approximate surface area is 118 Å². The Balaban J connectivity index is 2.05. The van der Waals surface area contributed by atoms with E-state index >= 15 is 0 Å². The van der Waals surface area contributed by atoms with Crippen molar-refractivity contribution in [3.05, 3.63) is 53.9 Å². The number of aromatic nitrogens is 2. The number of hydrogen-bond acceptors (Lipinski definition) is 4. The smallest absolute Gasteiger partial charge is 0.337 e. The third kappa shape index (κ3) is 3.72. The zero-order valence-corrected chi connectivity index (χ0v) is 10.7. The summed E-state index contributed by atoms with van der Waals surface area (Å²) in [4.78, 5) is 30.3. The van der Waals surface area contributed by atoms with Crippen molar-refractivity contribution < 1.29 is 19.1 Å². The summed E-state index contributed by atoms with van der Waals surface area (Å²) in [6.07, 6.45) is 2.84. The van der Waals surface area contributed by atoms with E-state index in [1.54, 1.807) is 6.07 Å². The molecule has 0 aliphatic carbocycles. The molecule has 0 bridgehead atoms. The lowest BCUT2D eigenvalue weighted by Gasteiger charge is -2.10. The molecular formula is C13H11FN4O3. The maximum atomic E-state index is 13.6. The van der Waals surface area contributed by atoms with Gasteiger partial charge in [0, 0.05) is 6.20 Å². The van der Waals surface area contributed by atoms with Crippen LogP contribution in [0, 0.1) is 5.82 Å². The molecule has 108 valence electrons. The van der Waals surface area contributed by atoms with Gasteiger partial charge in [-0.15, -0.1) is 0 Å². The molecule has 0 aliphatic heterocycles. The van der Waals surface area contributed by atoms with Crippen LogP contribution in [0.4, 0.5) is 14.9 Å². The molecule has 0 saturated carbocycles. The first-order valence-corrected chi connectivity index (χ1v) is 5.89. The zero-order valence-electron chi connectivity index (χ0n) is 10.7. The Morgan fingerprint density at radius 3 is 2.76 bits per heavy atom. The van der Waals surface area contributed by atoms with Gasteiger partial charge in [0.05, 0.1) is 23.5 Å². The molecule has 0 atom stereocenters. The molecule has 2 aromatic rings. The van der Waals surface area contributed by atoms with Crippen molar-refractivity contribution in [1.29, 1.82) is 0 Å². The minimum atomic E-state index is -1.33. The molecule has 7 nitrogen and oxygen atoms in total. The van der Waals surface area contributed by atoms with Crippen LogP contribution in [0.3, 0.4) is 0 Å². The lowest BCUT2D eigenvalue weighted by Crippen LogP contribution is -2.29. The van der Waals surface area contributed by atoms with E-state index < -0.39 is 17.8 Å². The molecule has 0 fully saturated rings. The standard InChI is InChI=1S/C13H11FN4O3/c14-10-3-1-2-9(12(19)20)11(10)18-13(21)16-6-8-4-5-15-7-17-8/h1-5,7H,6H2,(H,19,20)(H2,16,18,21). The van der Waals surface area contributed by atoms with Crippen molar-refractivity contribution in [3.8, 4) is 0 Å². The number of halogens is 1. The van der Waals surface area contributed by atoms with Crippen molar-refractivity contribution in [2.75, 3.05) is 5.32 Å². The molecule has 8 heteroatoms. The zero-order chi connectivity index (χ0) is 15.2. The average Bonchev–Trinajstić information content (AvgIpc) is 2.48. The molecule has 3 N–H and O–H groups in total. The van der Waals surface area contributed by atoms with Crippen molar-refractivity contribution in [1.82, 2.24) is 15.3 Å². The van der Waals surface area contributed by atoms with Gasteiger partial charge in [0.15, 0.2) is 0 Å². The first kappa shape index (κ1) is 14.4. The fourth-order valence-electron chi connectivity index (χ4n) is 1.58. The van der Waals surface area contributed by atoms with Crippen LogP contribution in [-0.4, -0.2) is 27.1 Å². The summed E-state index contributed by atoms with van der Waals surface area (Å²) in [5, 5.41) is 13.6. The van der Waals surface area contributed by atoms with Gasteiger partial charge < -0.3 is 15.7 Å². The van der Waals surface area contributed by atoms with Gasteiger partial charge in [-0.05, 0) is 18.2 Å². The summed E-state index contributed by atoms with van der Waals surface area (Å²) in [7, 11) is 0. The van der Waals surface area contributed by atoms with Crippen LogP contribution in [0.2, 0.25) is 0 Å². The number of amides is 2. The first-order valence-electron chi connectivity index (χ1n) is 5.89. The number of carboxylic acids is 1. The average molecular weight is 290 g/mol. The molecule has 2 amide bonds. The highest BCUT2D eigenvalue weighted by atomic mass is 19.1. The highest BCUT2D eigenvalue weighted by molar-refractivity contribution is 6.00. The van der Waals surface area contributed by atoms with Gasteiger partial charge in [-0.25, -0.2) is 23.9 Å². The van der Waals surface area contributed by atoms with Crippen molar-refractivity contribution in [3.63, 3.8) is 0 Å². The number of nitrogens with zero attached hydrogens (tertiary/aromatic N) is 2. The van der Waals surface area contributed by atoms with Gasteiger partial charge in [0.25, 0.3) is 0 Å². The van der Waals surface area contributed by atoms with Crippen LogP contribution in [-0.2, 0) is 6.54 Å². The second-order valence-corrected chi connectivity index (χ2v) is 3.98. The van der Waals surface area contributed by atoms with Crippen LogP contribution in [0.25, 0.3) is 0 Å². The van der Waals surface area contributed by atoms with E-state index in [4.69, 9.17) is 5.11 Å². The number of carbonyl (C=O) groups is 2. The monoisotopic (exact) mass is 290 g/mol. The van der Waals surface area contributed by atoms with Gasteiger partial charge in [-0.2, -0.15) is 0 Å². The second-order valence-electron chi connectivity index (χ2n) is 3.98. The number of urea groups is 1. The second kappa shape index (κ2) is 6.42. The Bertz CT molecular complexity index is 664. The number of aromatic carboxylic acids is 1. The van der Waals surface area contributed by atoms with Gasteiger partial charge in [-0.3, -0.25) is 0 Å². The quantitative estimate of drug-likeness (QED) is 0.794. The van der Waals surface area contributed by atoms with Gasteiger partial charge in [0.2, 0.25) is 0 Å². The molecule has 0 spiro atoms. The predicted octanol–water partition coefficient (Wildman–Crippen LogP) is 1.64. The van der Waals surface area contributed by atoms with Crippen molar-refractivity contribution in [2.45, 2.75) is 6.54 Å². The van der Waals surface area contributed by atoms with E-state index in [0.29, 0.717) is 5.69 Å². The minimum absolute atomic E-state index is 0.102. The Morgan fingerprint density at radius 1 is 1.29 bits per heavy atom. The number of nitrogens with one attached hydrogen (secondary N) is 2. The van der Waals surface area contributed by atoms with E-state index in [1.165, 1.54) is 24.7 Å². The molecule has 1 aromatic carbocycles. The molecule has 21 heavy (non-hydrogen) atoms. The summed E-state index contributed by atoms with van der Waals surface area (Å²) in [5.74, 6) is -2.16. The largest absolute Gasteiger partial charge is 0.478 e. The van der Waals surface area contributed by atoms with Crippen LogP contribution in [0.1, 0.15) is 16.1 Å². The highest BCUT2D eigenvalue weighted by Crippen LogP contribution is 2.19. The van der Waals surface area contributed by atoms with Crippen LogP contribution in [0.5, 0.6) is 0 Å². The number of hydrogen-bond donors (Lipinski definition) is 3. The Kier molecular flexibility index (Phi) is 4.39. The summed E-state index contributed by atoms with van der Waals surface area (Å²) >= 11 is 0.